The minimum atomic E-state index is -1.20. The third-order valence-electron chi connectivity index (χ3n) is 2.84. The summed E-state index contributed by atoms with van der Waals surface area (Å²) in [6, 6.07) is 9.49. The summed E-state index contributed by atoms with van der Waals surface area (Å²) in [5.41, 5.74) is 0.873. The molecule has 0 fully saturated rings. The molecule has 0 bridgehead atoms. The second kappa shape index (κ2) is 9.49. The van der Waals surface area contributed by atoms with Crippen LogP contribution in [0.3, 0.4) is 0 Å². The maximum Gasteiger partial charge on any atom is 1.00 e. The Labute approximate surface area is 176 Å². The van der Waals surface area contributed by atoms with Gasteiger partial charge >= 0.3 is 51.4 Å². The van der Waals surface area contributed by atoms with Crippen molar-refractivity contribution in [2.24, 2.45) is 5.92 Å². The molecule has 22 heavy (non-hydrogen) atoms. The Hall–Kier alpha value is -0.644. The Morgan fingerprint density at radius 2 is 2.09 bits per heavy atom. The number of carbonyl (C=O) groups is 1. The van der Waals surface area contributed by atoms with E-state index in [4.69, 9.17) is 16.7 Å². The Bertz CT molecular complexity index is 633. The standard InChI is InChI=1S/C14H15N3O3S.K/c1-9(14(21)15-8-12(18)19)7-11-16-13(17-20-11)10-5-3-2-4-6-10;/h2-6,9H,7-8H2,1H3,(H,15,21)(H,18,19);/q;+1/p-1. The molecule has 1 aromatic carbocycles. The monoisotopic (exact) mass is 343 g/mol. The summed E-state index contributed by atoms with van der Waals surface area (Å²) in [5.74, 6) is -0.331. The predicted molar refractivity (Wildman–Crippen MR) is 78.2 cm³/mol. The maximum absolute atomic E-state index is 10.4. The van der Waals surface area contributed by atoms with Crippen LogP contribution in [0.15, 0.2) is 34.9 Å². The van der Waals surface area contributed by atoms with Crippen molar-refractivity contribution in [3.63, 3.8) is 0 Å². The van der Waals surface area contributed by atoms with Crippen LogP contribution < -0.4 is 61.8 Å². The van der Waals surface area contributed by atoms with Crippen LogP contribution >= 0.6 is 12.2 Å². The molecule has 8 heteroatoms. The smallest absolute Gasteiger partial charge is 0.548 e. The predicted octanol–water partition coefficient (Wildman–Crippen LogP) is -2.41. The quantitative estimate of drug-likeness (QED) is 0.461. The first kappa shape index (κ1) is 19.4. The van der Waals surface area contributed by atoms with Gasteiger partial charge in [0.25, 0.3) is 0 Å². The minimum Gasteiger partial charge on any atom is -0.548 e. The molecule has 1 atom stereocenters. The summed E-state index contributed by atoms with van der Waals surface area (Å²) < 4.78 is 5.19. The number of hydrogen-bond acceptors (Lipinski definition) is 6. The number of carboxylic acid groups (broad SMARTS) is 1. The van der Waals surface area contributed by atoms with Crippen molar-refractivity contribution in [1.29, 1.82) is 0 Å². The van der Waals surface area contributed by atoms with Gasteiger partial charge in [-0.15, -0.1) is 0 Å². The molecule has 110 valence electrons. The number of thiocarbonyl (C=S) groups is 1. The molecule has 0 amide bonds. The van der Waals surface area contributed by atoms with E-state index in [0.717, 1.165) is 5.56 Å². The number of carboxylic acids is 1. The number of carbonyl (C=O) groups excluding carboxylic acids is 1. The van der Waals surface area contributed by atoms with E-state index in [9.17, 15) is 9.90 Å². The van der Waals surface area contributed by atoms with Gasteiger partial charge in [-0.1, -0.05) is 54.6 Å². The molecule has 1 N–H and O–H groups in total. The average molecular weight is 343 g/mol. The van der Waals surface area contributed by atoms with Crippen LogP contribution in [0.25, 0.3) is 11.4 Å². The van der Waals surface area contributed by atoms with Crippen molar-refractivity contribution in [3.8, 4) is 11.4 Å². The summed E-state index contributed by atoms with van der Waals surface area (Å²) in [6.45, 7) is 1.55. The van der Waals surface area contributed by atoms with Gasteiger partial charge in [0.15, 0.2) is 0 Å². The first-order valence-electron chi connectivity index (χ1n) is 6.42. The third-order valence-corrected chi connectivity index (χ3v) is 3.38. The summed E-state index contributed by atoms with van der Waals surface area (Å²) in [7, 11) is 0. The van der Waals surface area contributed by atoms with Crippen LogP contribution in [0.1, 0.15) is 12.8 Å². The molecule has 2 aromatic rings. The molecule has 0 aliphatic heterocycles. The largest absolute Gasteiger partial charge is 1.00 e. The topological polar surface area (TPSA) is 91.1 Å². The fourth-order valence-corrected chi connectivity index (χ4v) is 1.89. The van der Waals surface area contributed by atoms with E-state index in [1.54, 1.807) is 0 Å². The van der Waals surface area contributed by atoms with E-state index in [-0.39, 0.29) is 63.8 Å². The van der Waals surface area contributed by atoms with Crippen molar-refractivity contribution in [2.75, 3.05) is 6.54 Å². The van der Waals surface area contributed by atoms with Crippen molar-refractivity contribution in [1.82, 2.24) is 15.5 Å². The van der Waals surface area contributed by atoms with Gasteiger partial charge in [0.1, 0.15) is 0 Å². The van der Waals surface area contributed by atoms with Crippen molar-refractivity contribution < 1.29 is 65.8 Å². The molecule has 1 unspecified atom stereocenters. The first-order chi connectivity index (χ1) is 10.1. The van der Waals surface area contributed by atoms with E-state index in [2.05, 4.69) is 15.5 Å². The van der Waals surface area contributed by atoms with Crippen molar-refractivity contribution in [3.05, 3.63) is 36.2 Å². The van der Waals surface area contributed by atoms with E-state index < -0.39 is 5.97 Å². The number of nitrogens with one attached hydrogen (secondary N) is 1. The molecule has 0 spiro atoms. The van der Waals surface area contributed by atoms with Crippen LogP contribution in [-0.2, 0) is 11.2 Å². The zero-order valence-corrected chi connectivity index (χ0v) is 16.3. The second-order valence-corrected chi connectivity index (χ2v) is 5.01. The fraction of sp³-hybridized carbons (Fsp3) is 0.286. The molecule has 0 saturated carbocycles. The number of nitrogens with zero attached hydrogens (tertiary/aromatic N) is 2. The zero-order chi connectivity index (χ0) is 15.2. The molecule has 2 rings (SSSR count). The minimum absolute atomic E-state index is 0. The number of hydrogen-bond donors (Lipinski definition) is 1. The van der Waals surface area contributed by atoms with Crippen LogP contribution in [0.4, 0.5) is 0 Å². The average Bonchev–Trinajstić information content (AvgIpc) is 2.94. The van der Waals surface area contributed by atoms with Gasteiger partial charge in [-0.05, 0) is 0 Å². The third kappa shape index (κ3) is 5.86. The maximum atomic E-state index is 10.4. The zero-order valence-electron chi connectivity index (χ0n) is 12.4. The summed E-state index contributed by atoms with van der Waals surface area (Å²) in [6.07, 6.45) is 0.443. The van der Waals surface area contributed by atoms with Crippen molar-refractivity contribution >= 4 is 23.2 Å². The summed E-state index contributed by atoms with van der Waals surface area (Å²) in [5, 5.41) is 16.9. The van der Waals surface area contributed by atoms with Gasteiger partial charge in [0, 0.05) is 17.9 Å². The van der Waals surface area contributed by atoms with Gasteiger partial charge in [-0.25, -0.2) is 0 Å². The molecule has 0 radical (unpaired) electrons. The Kier molecular flexibility index (Phi) is 8.37. The SMILES string of the molecule is CC(Cc1nc(-c2ccccc2)no1)C(=S)NCC(=O)[O-].[K+]. The van der Waals surface area contributed by atoms with E-state index in [1.165, 1.54) is 0 Å². The van der Waals surface area contributed by atoms with Crippen LogP contribution in [-0.4, -0.2) is 27.6 Å². The number of benzene rings is 1. The number of aromatic nitrogens is 2. The summed E-state index contributed by atoms with van der Waals surface area (Å²) in [4.78, 5) is 15.1. The number of rotatable bonds is 6. The first-order valence-corrected chi connectivity index (χ1v) is 6.82. The molecule has 6 nitrogen and oxygen atoms in total. The van der Waals surface area contributed by atoms with E-state index >= 15 is 0 Å². The normalized spacial score (nSPS) is 11.3. The molecular formula is C14H14KN3O3S. The van der Waals surface area contributed by atoms with E-state index in [0.29, 0.717) is 23.1 Å². The molecule has 1 heterocycles. The summed E-state index contributed by atoms with van der Waals surface area (Å²) >= 11 is 5.10. The molecular weight excluding hydrogens is 329 g/mol. The second-order valence-electron chi connectivity index (χ2n) is 4.57. The van der Waals surface area contributed by atoms with Gasteiger partial charge < -0.3 is 19.7 Å². The van der Waals surface area contributed by atoms with Crippen LogP contribution in [0.2, 0.25) is 0 Å². The Morgan fingerprint density at radius 1 is 1.41 bits per heavy atom. The van der Waals surface area contributed by atoms with Crippen LogP contribution in [0.5, 0.6) is 0 Å². The van der Waals surface area contributed by atoms with Gasteiger partial charge in [0.2, 0.25) is 11.7 Å². The van der Waals surface area contributed by atoms with Gasteiger partial charge in [-0.3, -0.25) is 0 Å². The molecule has 0 aliphatic carbocycles. The van der Waals surface area contributed by atoms with E-state index in [1.807, 2.05) is 37.3 Å². The molecule has 1 aromatic heterocycles. The molecule has 0 saturated heterocycles. The Morgan fingerprint density at radius 3 is 2.73 bits per heavy atom. The fourth-order valence-electron chi connectivity index (χ4n) is 1.73. The van der Waals surface area contributed by atoms with Gasteiger partial charge in [-0.2, -0.15) is 4.98 Å². The van der Waals surface area contributed by atoms with Crippen molar-refractivity contribution in [2.45, 2.75) is 13.3 Å². The van der Waals surface area contributed by atoms with Crippen LogP contribution in [0, 0.1) is 5.92 Å². The Balaban J connectivity index is 0.00000242. The molecule has 0 aliphatic rings. The van der Waals surface area contributed by atoms with Gasteiger partial charge in [0.05, 0.1) is 17.5 Å². The number of aliphatic carboxylic acids is 1.